The standard InChI is InChI=1S/C8H6ClNO/c9-8(11)10-6-7-4-2-1-3-5-7/h1-6H. The van der Waals surface area contributed by atoms with E-state index in [1.54, 1.807) is 0 Å². The second-order valence-electron chi connectivity index (χ2n) is 1.92. The Labute approximate surface area is 69.5 Å². The van der Waals surface area contributed by atoms with Crippen LogP contribution < -0.4 is 0 Å². The van der Waals surface area contributed by atoms with Gasteiger partial charge >= 0.3 is 5.37 Å². The lowest BCUT2D eigenvalue weighted by Gasteiger charge is -1.86. The number of hydrogen-bond donors (Lipinski definition) is 0. The van der Waals surface area contributed by atoms with Gasteiger partial charge in [0.05, 0.1) is 0 Å². The molecule has 0 aliphatic rings. The minimum Gasteiger partial charge on any atom is -0.253 e. The number of carbonyl (C=O) groups excluding carboxylic acids is 1. The van der Waals surface area contributed by atoms with Crippen molar-refractivity contribution in [3.05, 3.63) is 35.9 Å². The molecule has 1 amide bonds. The van der Waals surface area contributed by atoms with Crippen LogP contribution in [0.3, 0.4) is 0 Å². The van der Waals surface area contributed by atoms with Crippen LogP contribution in [0.15, 0.2) is 35.3 Å². The van der Waals surface area contributed by atoms with Crippen LogP contribution in [0.4, 0.5) is 4.79 Å². The molecular formula is C8H6ClNO. The molecule has 2 nitrogen and oxygen atoms in total. The molecule has 3 heteroatoms. The van der Waals surface area contributed by atoms with Gasteiger partial charge in [-0.25, -0.2) is 4.99 Å². The van der Waals surface area contributed by atoms with Crippen LogP contribution in [-0.4, -0.2) is 11.6 Å². The van der Waals surface area contributed by atoms with Gasteiger partial charge in [-0.1, -0.05) is 30.3 Å². The van der Waals surface area contributed by atoms with E-state index < -0.39 is 5.37 Å². The van der Waals surface area contributed by atoms with Crippen molar-refractivity contribution in [1.82, 2.24) is 0 Å². The lowest BCUT2D eigenvalue weighted by Crippen LogP contribution is -1.81. The molecule has 0 bridgehead atoms. The number of nitrogens with zero attached hydrogens (tertiary/aromatic N) is 1. The first kappa shape index (κ1) is 7.95. The van der Waals surface area contributed by atoms with Crippen LogP contribution >= 0.6 is 11.6 Å². The van der Waals surface area contributed by atoms with E-state index in [4.69, 9.17) is 11.6 Å². The molecule has 56 valence electrons. The third-order valence-corrected chi connectivity index (χ3v) is 1.21. The fraction of sp³-hybridized carbons (Fsp3) is 0. The van der Waals surface area contributed by atoms with Gasteiger partial charge in [-0.05, 0) is 17.2 Å². The first-order chi connectivity index (χ1) is 5.29. The molecule has 0 aliphatic heterocycles. The van der Waals surface area contributed by atoms with Gasteiger partial charge in [-0.2, -0.15) is 0 Å². The summed E-state index contributed by atoms with van der Waals surface area (Å²) in [6.07, 6.45) is 1.43. The summed E-state index contributed by atoms with van der Waals surface area (Å²) >= 11 is 4.99. The summed E-state index contributed by atoms with van der Waals surface area (Å²) in [4.78, 5) is 13.6. The summed E-state index contributed by atoms with van der Waals surface area (Å²) in [7, 11) is 0. The number of aliphatic imine (C=N–C) groups is 1. The SMILES string of the molecule is O=C(Cl)N=Cc1ccccc1. The zero-order chi connectivity index (χ0) is 8.10. The minimum absolute atomic E-state index is 0.700. The maximum atomic E-state index is 10.2. The quantitative estimate of drug-likeness (QED) is 0.359. The molecule has 0 spiro atoms. The maximum Gasteiger partial charge on any atom is 0.339 e. The second-order valence-corrected chi connectivity index (χ2v) is 2.25. The van der Waals surface area contributed by atoms with Gasteiger partial charge in [-0.3, -0.25) is 4.79 Å². The summed E-state index contributed by atoms with van der Waals surface area (Å²) < 4.78 is 0. The fourth-order valence-electron chi connectivity index (χ4n) is 0.664. The Morgan fingerprint density at radius 3 is 2.55 bits per heavy atom. The summed E-state index contributed by atoms with van der Waals surface area (Å²) in [6, 6.07) is 9.28. The van der Waals surface area contributed by atoms with E-state index in [1.165, 1.54) is 6.21 Å². The van der Waals surface area contributed by atoms with E-state index in [0.29, 0.717) is 0 Å². The maximum absolute atomic E-state index is 10.2. The molecule has 0 radical (unpaired) electrons. The highest BCUT2D eigenvalue weighted by Gasteiger charge is 1.86. The van der Waals surface area contributed by atoms with E-state index >= 15 is 0 Å². The average molecular weight is 168 g/mol. The first-order valence-corrected chi connectivity index (χ1v) is 3.45. The fourth-order valence-corrected chi connectivity index (χ4v) is 0.713. The van der Waals surface area contributed by atoms with Crippen LogP contribution in [0.2, 0.25) is 0 Å². The lowest BCUT2D eigenvalue weighted by molar-refractivity contribution is 0.266. The minimum atomic E-state index is -0.700. The Kier molecular flexibility index (Phi) is 2.81. The number of carbonyl (C=O) groups is 1. The Hall–Kier alpha value is -1.15. The van der Waals surface area contributed by atoms with Crippen LogP contribution in [-0.2, 0) is 0 Å². The van der Waals surface area contributed by atoms with E-state index in [9.17, 15) is 4.79 Å². The molecule has 0 saturated heterocycles. The zero-order valence-corrected chi connectivity index (χ0v) is 6.45. The molecule has 0 unspecified atom stereocenters. The molecule has 0 aliphatic carbocycles. The van der Waals surface area contributed by atoms with Crippen molar-refractivity contribution in [2.45, 2.75) is 0 Å². The van der Waals surface area contributed by atoms with Gasteiger partial charge in [0.2, 0.25) is 0 Å². The smallest absolute Gasteiger partial charge is 0.253 e. The van der Waals surface area contributed by atoms with Crippen molar-refractivity contribution in [3.63, 3.8) is 0 Å². The van der Waals surface area contributed by atoms with Gasteiger partial charge in [-0.15, -0.1) is 0 Å². The van der Waals surface area contributed by atoms with E-state index in [2.05, 4.69) is 4.99 Å². The molecule has 0 fully saturated rings. The highest BCUT2D eigenvalue weighted by Crippen LogP contribution is 1.94. The summed E-state index contributed by atoms with van der Waals surface area (Å²) in [6.45, 7) is 0. The van der Waals surface area contributed by atoms with Gasteiger partial charge < -0.3 is 0 Å². The average Bonchev–Trinajstić information content (AvgIpc) is 2.03. The molecule has 0 saturated carbocycles. The monoisotopic (exact) mass is 167 g/mol. The van der Waals surface area contributed by atoms with Gasteiger partial charge in [0, 0.05) is 6.21 Å². The van der Waals surface area contributed by atoms with Gasteiger partial charge in [0.25, 0.3) is 0 Å². The lowest BCUT2D eigenvalue weighted by atomic mass is 10.2. The van der Waals surface area contributed by atoms with Crippen molar-refractivity contribution >= 4 is 23.2 Å². The third kappa shape index (κ3) is 2.96. The predicted octanol–water partition coefficient (Wildman–Crippen LogP) is 2.46. The highest BCUT2D eigenvalue weighted by molar-refractivity contribution is 6.63. The van der Waals surface area contributed by atoms with E-state index in [0.717, 1.165) is 5.56 Å². The van der Waals surface area contributed by atoms with Crippen molar-refractivity contribution in [1.29, 1.82) is 0 Å². The molecule has 0 aromatic heterocycles. The van der Waals surface area contributed by atoms with Crippen LogP contribution in [0.1, 0.15) is 5.56 Å². The highest BCUT2D eigenvalue weighted by atomic mass is 35.5. The molecular weight excluding hydrogens is 162 g/mol. The molecule has 11 heavy (non-hydrogen) atoms. The Bertz CT molecular complexity index is 269. The topological polar surface area (TPSA) is 29.4 Å². The van der Waals surface area contributed by atoms with Crippen molar-refractivity contribution < 1.29 is 4.79 Å². The molecule has 1 rings (SSSR count). The molecule has 0 atom stereocenters. The molecule has 0 N–H and O–H groups in total. The number of hydrogen-bond acceptors (Lipinski definition) is 1. The normalized spacial score (nSPS) is 10.3. The van der Waals surface area contributed by atoms with Crippen molar-refractivity contribution in [2.24, 2.45) is 4.99 Å². The van der Waals surface area contributed by atoms with Crippen molar-refractivity contribution in [2.75, 3.05) is 0 Å². The van der Waals surface area contributed by atoms with E-state index in [-0.39, 0.29) is 0 Å². The summed E-state index contributed by atoms with van der Waals surface area (Å²) in [5, 5.41) is -0.700. The summed E-state index contributed by atoms with van der Waals surface area (Å²) in [5.41, 5.74) is 0.863. The second kappa shape index (κ2) is 3.88. The predicted molar refractivity (Wildman–Crippen MR) is 45.3 cm³/mol. The Morgan fingerprint density at radius 2 is 2.00 bits per heavy atom. The number of amides is 1. The number of halogens is 1. The third-order valence-electron chi connectivity index (χ3n) is 1.11. The number of benzene rings is 1. The largest absolute Gasteiger partial charge is 0.339 e. The first-order valence-electron chi connectivity index (χ1n) is 3.07. The molecule has 1 aromatic rings. The van der Waals surface area contributed by atoms with Crippen LogP contribution in [0.25, 0.3) is 0 Å². The van der Waals surface area contributed by atoms with E-state index in [1.807, 2.05) is 30.3 Å². The van der Waals surface area contributed by atoms with Crippen molar-refractivity contribution in [3.8, 4) is 0 Å². The molecule has 1 aromatic carbocycles. The number of rotatable bonds is 1. The Balaban J connectivity index is 2.72. The molecule has 0 heterocycles. The van der Waals surface area contributed by atoms with Gasteiger partial charge in [0.15, 0.2) is 0 Å². The zero-order valence-electron chi connectivity index (χ0n) is 5.70. The summed E-state index contributed by atoms with van der Waals surface area (Å²) in [5.74, 6) is 0. The van der Waals surface area contributed by atoms with Crippen LogP contribution in [0, 0.1) is 0 Å². The Morgan fingerprint density at radius 1 is 1.36 bits per heavy atom. The van der Waals surface area contributed by atoms with Gasteiger partial charge in [0.1, 0.15) is 0 Å². The van der Waals surface area contributed by atoms with Crippen LogP contribution in [0.5, 0.6) is 0 Å².